The van der Waals surface area contributed by atoms with Gasteiger partial charge < -0.3 is 24.8 Å². The molecular formula is C29H35F4N7O3. The number of allylic oxidation sites excluding steroid dienone is 1. The summed E-state index contributed by atoms with van der Waals surface area (Å²) in [6.07, 6.45) is -0.270. The molecule has 3 aromatic rings. The van der Waals surface area contributed by atoms with Gasteiger partial charge in [0.05, 0.1) is 17.4 Å². The molecule has 3 heterocycles. The Morgan fingerprint density at radius 3 is 2.67 bits per heavy atom. The molecule has 2 aliphatic rings. The number of anilines is 2. The summed E-state index contributed by atoms with van der Waals surface area (Å²) in [4.78, 5) is 34.0. The van der Waals surface area contributed by atoms with Crippen molar-refractivity contribution in [2.75, 3.05) is 37.0 Å². The Kier molecular flexibility index (Phi) is 8.61. The molecule has 232 valence electrons. The van der Waals surface area contributed by atoms with Gasteiger partial charge in [-0.1, -0.05) is 13.0 Å². The SMILES string of the molecule is CCc1c(N2CCN[C@H](C)C2)c(=O)n2nc(C3=CCC(OC)CC3)nc2n1CC(=O)Nc1ccc(C(F)(F)F)c(F)c1C. The number of alkyl halides is 3. The van der Waals surface area contributed by atoms with E-state index in [0.29, 0.717) is 62.2 Å². The summed E-state index contributed by atoms with van der Waals surface area (Å²) in [5.41, 5.74) is -0.291. The lowest BCUT2D eigenvalue weighted by Crippen LogP contribution is -2.51. The van der Waals surface area contributed by atoms with Crippen LogP contribution in [0.15, 0.2) is 23.0 Å². The number of fused-ring (bicyclic) bond motifs is 1. The second-order valence-corrected chi connectivity index (χ2v) is 11.0. The van der Waals surface area contributed by atoms with Gasteiger partial charge in [0, 0.05) is 44.0 Å². The highest BCUT2D eigenvalue weighted by Gasteiger charge is 2.35. The van der Waals surface area contributed by atoms with Crippen molar-refractivity contribution in [3.05, 3.63) is 57.0 Å². The van der Waals surface area contributed by atoms with Crippen LogP contribution in [0.3, 0.4) is 0 Å². The number of nitrogens with zero attached hydrogens (tertiary/aromatic N) is 5. The number of aromatic nitrogens is 4. The van der Waals surface area contributed by atoms with Gasteiger partial charge in [0.1, 0.15) is 18.0 Å². The monoisotopic (exact) mass is 605 g/mol. The number of benzene rings is 1. The van der Waals surface area contributed by atoms with Gasteiger partial charge in [0.25, 0.3) is 5.56 Å². The molecule has 5 rings (SSSR count). The Hall–Kier alpha value is -3.78. The summed E-state index contributed by atoms with van der Waals surface area (Å²) >= 11 is 0. The van der Waals surface area contributed by atoms with Crippen LogP contribution in [0, 0.1) is 12.7 Å². The first-order valence-electron chi connectivity index (χ1n) is 14.3. The predicted molar refractivity (Wildman–Crippen MR) is 154 cm³/mol. The van der Waals surface area contributed by atoms with Crippen molar-refractivity contribution in [1.82, 2.24) is 24.5 Å². The molecule has 0 saturated carbocycles. The quantitative estimate of drug-likeness (QED) is 0.393. The number of ether oxygens (including phenoxy) is 1. The van der Waals surface area contributed by atoms with Crippen molar-refractivity contribution in [1.29, 1.82) is 0 Å². The second-order valence-electron chi connectivity index (χ2n) is 11.0. The van der Waals surface area contributed by atoms with Gasteiger partial charge in [-0.15, -0.1) is 5.10 Å². The maximum absolute atomic E-state index is 14.6. The minimum absolute atomic E-state index is 0.0796. The molecule has 2 N–H and O–H groups in total. The van der Waals surface area contributed by atoms with E-state index >= 15 is 0 Å². The molecular weight excluding hydrogens is 570 g/mol. The standard InChI is InChI=1S/C29H35F4N7O3/c1-5-22-25(38-13-12-34-16(2)14-38)27(42)40-28(36-26(37-40)18-6-8-19(43-4)9-7-18)39(22)15-23(41)35-21-11-10-20(29(31,32)33)24(30)17(21)3/h6,10-11,16,19,34H,5,7-9,12-15H2,1-4H3,(H,35,41)/t16-,19?/m1/s1. The zero-order chi connectivity index (χ0) is 31.1. The number of halogens is 4. The van der Waals surface area contributed by atoms with E-state index in [9.17, 15) is 27.2 Å². The summed E-state index contributed by atoms with van der Waals surface area (Å²) in [6, 6.07) is 1.76. The Bertz CT molecular complexity index is 1630. The summed E-state index contributed by atoms with van der Waals surface area (Å²) in [6.45, 7) is 6.54. The smallest absolute Gasteiger partial charge is 0.381 e. The van der Waals surface area contributed by atoms with E-state index < -0.39 is 23.5 Å². The number of rotatable bonds is 7. The first-order chi connectivity index (χ1) is 20.4. The lowest BCUT2D eigenvalue weighted by atomic mass is 9.97. The number of methoxy groups -OCH3 is 1. The van der Waals surface area contributed by atoms with E-state index in [4.69, 9.17) is 9.72 Å². The van der Waals surface area contributed by atoms with E-state index in [1.165, 1.54) is 11.4 Å². The lowest BCUT2D eigenvalue weighted by molar-refractivity contribution is -0.140. The van der Waals surface area contributed by atoms with Gasteiger partial charge in [-0.2, -0.15) is 22.7 Å². The zero-order valence-electron chi connectivity index (χ0n) is 24.5. The molecule has 1 saturated heterocycles. The summed E-state index contributed by atoms with van der Waals surface area (Å²) in [7, 11) is 1.66. The van der Waals surface area contributed by atoms with Crippen LogP contribution >= 0.6 is 0 Å². The fourth-order valence-electron chi connectivity index (χ4n) is 5.80. The Balaban J connectivity index is 1.58. The molecule has 1 amide bonds. The first-order valence-corrected chi connectivity index (χ1v) is 14.3. The molecule has 43 heavy (non-hydrogen) atoms. The van der Waals surface area contributed by atoms with E-state index in [0.717, 1.165) is 18.1 Å². The molecule has 1 unspecified atom stereocenters. The molecule has 14 heteroatoms. The van der Waals surface area contributed by atoms with Gasteiger partial charge >= 0.3 is 6.18 Å². The zero-order valence-corrected chi connectivity index (χ0v) is 24.5. The van der Waals surface area contributed by atoms with E-state index in [-0.39, 0.29) is 41.3 Å². The number of hydrogen-bond donors (Lipinski definition) is 2. The van der Waals surface area contributed by atoms with Crippen molar-refractivity contribution in [3.63, 3.8) is 0 Å². The molecule has 0 radical (unpaired) electrons. The molecule has 1 aromatic carbocycles. The maximum Gasteiger partial charge on any atom is 0.419 e. The molecule has 1 fully saturated rings. The molecule has 0 spiro atoms. The highest BCUT2D eigenvalue weighted by atomic mass is 19.4. The van der Waals surface area contributed by atoms with Crippen molar-refractivity contribution in [3.8, 4) is 0 Å². The van der Waals surface area contributed by atoms with Crippen LogP contribution in [0.25, 0.3) is 11.4 Å². The average molecular weight is 606 g/mol. The van der Waals surface area contributed by atoms with Gasteiger partial charge in [-0.25, -0.2) is 4.39 Å². The van der Waals surface area contributed by atoms with Crippen LogP contribution in [0.2, 0.25) is 0 Å². The van der Waals surface area contributed by atoms with Crippen molar-refractivity contribution < 1.29 is 27.1 Å². The van der Waals surface area contributed by atoms with Crippen LogP contribution in [0.5, 0.6) is 0 Å². The van der Waals surface area contributed by atoms with E-state index in [1.54, 1.807) is 11.7 Å². The van der Waals surface area contributed by atoms with Gasteiger partial charge in [0.2, 0.25) is 11.7 Å². The number of carbonyl (C=O) groups is 1. The van der Waals surface area contributed by atoms with Crippen LogP contribution in [0.1, 0.15) is 55.8 Å². The van der Waals surface area contributed by atoms with Crippen LogP contribution in [-0.2, 0) is 28.7 Å². The molecule has 1 aliphatic heterocycles. The van der Waals surface area contributed by atoms with E-state index in [2.05, 4.69) is 15.7 Å². The lowest BCUT2D eigenvalue weighted by Gasteiger charge is -2.34. The minimum Gasteiger partial charge on any atom is -0.381 e. The maximum atomic E-state index is 14.6. The normalized spacial score (nSPS) is 19.5. The van der Waals surface area contributed by atoms with Crippen LogP contribution in [-0.4, -0.2) is 64.0 Å². The third kappa shape index (κ3) is 6.03. The van der Waals surface area contributed by atoms with Crippen molar-refractivity contribution in [2.24, 2.45) is 0 Å². The average Bonchev–Trinajstić information content (AvgIpc) is 3.42. The number of amides is 1. The largest absolute Gasteiger partial charge is 0.419 e. The summed E-state index contributed by atoms with van der Waals surface area (Å²) in [5, 5.41) is 10.5. The van der Waals surface area contributed by atoms with Crippen molar-refractivity contribution in [2.45, 2.75) is 71.3 Å². The Morgan fingerprint density at radius 1 is 1.28 bits per heavy atom. The molecule has 1 aliphatic carbocycles. The Labute approximate surface area is 245 Å². The predicted octanol–water partition coefficient (Wildman–Crippen LogP) is 3.94. The number of hydrogen-bond acceptors (Lipinski definition) is 7. The third-order valence-corrected chi connectivity index (χ3v) is 8.10. The number of nitrogens with one attached hydrogen (secondary N) is 2. The second kappa shape index (κ2) is 12.1. The first kappa shape index (κ1) is 30.7. The molecule has 0 bridgehead atoms. The van der Waals surface area contributed by atoms with Gasteiger partial charge in [-0.05, 0) is 57.2 Å². The van der Waals surface area contributed by atoms with Crippen molar-refractivity contribution >= 4 is 28.6 Å². The highest BCUT2D eigenvalue weighted by Crippen LogP contribution is 2.35. The van der Waals surface area contributed by atoms with Crippen LogP contribution < -0.4 is 21.1 Å². The number of piperazine rings is 1. The third-order valence-electron chi connectivity index (χ3n) is 8.10. The molecule has 2 aromatic heterocycles. The fourth-order valence-corrected chi connectivity index (χ4v) is 5.80. The Morgan fingerprint density at radius 2 is 2.05 bits per heavy atom. The van der Waals surface area contributed by atoms with Gasteiger partial charge in [0.15, 0.2) is 5.82 Å². The van der Waals surface area contributed by atoms with Crippen LogP contribution in [0.4, 0.5) is 28.9 Å². The molecule has 10 nitrogen and oxygen atoms in total. The number of carbonyl (C=O) groups excluding carboxylic acids is 1. The summed E-state index contributed by atoms with van der Waals surface area (Å²) < 4.78 is 62.4. The molecule has 2 atom stereocenters. The minimum atomic E-state index is -4.86. The fraction of sp³-hybridized carbons (Fsp3) is 0.517. The van der Waals surface area contributed by atoms with Gasteiger partial charge in [-0.3, -0.25) is 9.59 Å². The highest BCUT2D eigenvalue weighted by molar-refractivity contribution is 5.92. The summed E-state index contributed by atoms with van der Waals surface area (Å²) in [5.74, 6) is -1.51. The van der Waals surface area contributed by atoms with E-state index in [1.807, 2.05) is 24.8 Å². The topological polar surface area (TPSA) is 106 Å².